The number of hydrogen-bond donors (Lipinski definition) is 0. The maximum absolute atomic E-state index is 11.3. The van der Waals surface area contributed by atoms with Crippen LogP contribution in [0.1, 0.15) is 45.4 Å². The average molecular weight is 178 g/mol. The number of carbonyl (C=O) groups is 1. The number of carbonyl (C=O) groups excluding carboxylic acids is 1. The zero-order chi connectivity index (χ0) is 9.31. The van der Waals surface area contributed by atoms with E-state index in [1.54, 1.807) is 0 Å². The predicted octanol–water partition coefficient (Wildman–Crippen LogP) is 3.10. The van der Waals surface area contributed by atoms with Gasteiger partial charge in [0.15, 0.2) is 0 Å². The smallest absolute Gasteiger partial charge is 0.133 e. The van der Waals surface area contributed by atoms with Crippen LogP contribution in [-0.2, 0) is 4.79 Å². The van der Waals surface area contributed by atoms with Crippen molar-refractivity contribution in [3.05, 3.63) is 12.2 Å². The molecule has 0 aromatic rings. The standard InChI is InChI=1S/C12H18O/c1-12(8-6-10-4-5-10)7-2-3-11(13)9-12/h6,8,10H,2-5,7,9H2,1H3/b8-6+/t12-/m1/s1. The summed E-state index contributed by atoms with van der Waals surface area (Å²) in [4.78, 5) is 11.3. The van der Waals surface area contributed by atoms with Crippen LogP contribution in [0, 0.1) is 11.3 Å². The van der Waals surface area contributed by atoms with Crippen molar-refractivity contribution in [2.24, 2.45) is 11.3 Å². The van der Waals surface area contributed by atoms with Gasteiger partial charge in [-0.1, -0.05) is 19.1 Å². The Bertz CT molecular complexity index is 238. The quantitative estimate of drug-likeness (QED) is 0.594. The summed E-state index contributed by atoms with van der Waals surface area (Å²) in [5, 5.41) is 0. The number of hydrogen-bond acceptors (Lipinski definition) is 1. The molecule has 13 heavy (non-hydrogen) atoms. The molecular formula is C12H18O. The Labute approximate surface area is 80.2 Å². The zero-order valence-electron chi connectivity index (χ0n) is 8.38. The summed E-state index contributed by atoms with van der Waals surface area (Å²) >= 11 is 0. The third-order valence-electron chi connectivity index (χ3n) is 3.20. The second-order valence-corrected chi connectivity index (χ2v) is 4.92. The summed E-state index contributed by atoms with van der Waals surface area (Å²) < 4.78 is 0. The van der Waals surface area contributed by atoms with Gasteiger partial charge in [-0.15, -0.1) is 0 Å². The van der Waals surface area contributed by atoms with E-state index in [2.05, 4.69) is 19.1 Å². The van der Waals surface area contributed by atoms with Gasteiger partial charge in [0, 0.05) is 12.8 Å². The Hall–Kier alpha value is -0.590. The molecule has 0 heterocycles. The molecule has 1 heteroatoms. The summed E-state index contributed by atoms with van der Waals surface area (Å²) in [6.07, 6.45) is 11.2. The molecule has 0 aromatic heterocycles. The molecule has 2 saturated carbocycles. The van der Waals surface area contributed by atoms with Crippen molar-refractivity contribution < 1.29 is 4.79 Å². The van der Waals surface area contributed by atoms with E-state index in [9.17, 15) is 4.79 Å². The fourth-order valence-corrected chi connectivity index (χ4v) is 2.12. The Kier molecular flexibility index (Phi) is 2.27. The largest absolute Gasteiger partial charge is 0.300 e. The summed E-state index contributed by atoms with van der Waals surface area (Å²) in [7, 11) is 0. The van der Waals surface area contributed by atoms with Crippen LogP contribution in [0.3, 0.4) is 0 Å². The SMILES string of the molecule is C[C@]1(/C=C/C2CC2)CCCC(=O)C1. The van der Waals surface area contributed by atoms with Crippen molar-refractivity contribution in [2.75, 3.05) is 0 Å². The zero-order valence-corrected chi connectivity index (χ0v) is 8.38. The second-order valence-electron chi connectivity index (χ2n) is 4.92. The van der Waals surface area contributed by atoms with Crippen LogP contribution in [0.25, 0.3) is 0 Å². The fourth-order valence-electron chi connectivity index (χ4n) is 2.12. The molecule has 0 aromatic carbocycles. The van der Waals surface area contributed by atoms with E-state index in [1.807, 2.05) is 0 Å². The minimum absolute atomic E-state index is 0.192. The Balaban J connectivity index is 1.96. The third kappa shape index (κ3) is 2.43. The lowest BCUT2D eigenvalue weighted by molar-refractivity contribution is -0.122. The third-order valence-corrected chi connectivity index (χ3v) is 3.20. The van der Waals surface area contributed by atoms with Crippen molar-refractivity contribution in [1.82, 2.24) is 0 Å². The van der Waals surface area contributed by atoms with E-state index in [-0.39, 0.29) is 5.41 Å². The monoisotopic (exact) mass is 178 g/mol. The van der Waals surface area contributed by atoms with Crippen LogP contribution < -0.4 is 0 Å². The van der Waals surface area contributed by atoms with Crippen molar-refractivity contribution in [3.8, 4) is 0 Å². The molecule has 0 bridgehead atoms. The number of rotatable bonds is 2. The molecule has 2 aliphatic carbocycles. The highest BCUT2D eigenvalue weighted by molar-refractivity contribution is 5.80. The van der Waals surface area contributed by atoms with Crippen LogP contribution in [0.2, 0.25) is 0 Å². The van der Waals surface area contributed by atoms with Crippen LogP contribution >= 0.6 is 0 Å². The first kappa shape index (κ1) is 8.98. The minimum atomic E-state index is 0.192. The maximum atomic E-state index is 11.3. The molecule has 2 aliphatic rings. The first-order valence-corrected chi connectivity index (χ1v) is 5.39. The molecule has 0 aliphatic heterocycles. The Morgan fingerprint density at radius 1 is 1.46 bits per heavy atom. The van der Waals surface area contributed by atoms with Gasteiger partial charge in [-0.05, 0) is 37.0 Å². The molecule has 0 radical (unpaired) electrons. The van der Waals surface area contributed by atoms with E-state index in [4.69, 9.17) is 0 Å². The lowest BCUT2D eigenvalue weighted by Crippen LogP contribution is -2.23. The molecule has 2 fully saturated rings. The van der Waals surface area contributed by atoms with Crippen LogP contribution in [0.15, 0.2) is 12.2 Å². The van der Waals surface area contributed by atoms with Crippen molar-refractivity contribution >= 4 is 5.78 Å². The maximum Gasteiger partial charge on any atom is 0.133 e. The van der Waals surface area contributed by atoms with Crippen molar-refractivity contribution in [2.45, 2.75) is 45.4 Å². The molecular weight excluding hydrogens is 160 g/mol. The molecule has 0 spiro atoms. The van der Waals surface area contributed by atoms with Gasteiger partial charge in [0.2, 0.25) is 0 Å². The van der Waals surface area contributed by atoms with E-state index >= 15 is 0 Å². The van der Waals surface area contributed by atoms with Gasteiger partial charge in [-0.2, -0.15) is 0 Å². The molecule has 1 nitrogen and oxygen atoms in total. The van der Waals surface area contributed by atoms with E-state index in [1.165, 1.54) is 19.3 Å². The highest BCUT2D eigenvalue weighted by Gasteiger charge is 2.29. The van der Waals surface area contributed by atoms with Gasteiger partial charge in [-0.3, -0.25) is 4.79 Å². The van der Waals surface area contributed by atoms with E-state index < -0.39 is 0 Å². The summed E-state index contributed by atoms with van der Waals surface area (Å²) in [6.45, 7) is 2.23. The van der Waals surface area contributed by atoms with E-state index in [0.717, 1.165) is 25.2 Å². The topological polar surface area (TPSA) is 17.1 Å². The number of allylic oxidation sites excluding steroid dienone is 2. The molecule has 0 N–H and O–H groups in total. The number of ketones is 1. The first-order chi connectivity index (χ1) is 6.18. The molecule has 72 valence electrons. The lowest BCUT2D eigenvalue weighted by atomic mass is 9.75. The molecule has 0 amide bonds. The van der Waals surface area contributed by atoms with Crippen molar-refractivity contribution in [3.63, 3.8) is 0 Å². The Morgan fingerprint density at radius 3 is 2.85 bits per heavy atom. The first-order valence-electron chi connectivity index (χ1n) is 5.39. The van der Waals surface area contributed by atoms with Gasteiger partial charge < -0.3 is 0 Å². The van der Waals surface area contributed by atoms with Gasteiger partial charge in [-0.25, -0.2) is 0 Å². The van der Waals surface area contributed by atoms with E-state index in [0.29, 0.717) is 5.78 Å². The van der Waals surface area contributed by atoms with Gasteiger partial charge in [0.05, 0.1) is 0 Å². The van der Waals surface area contributed by atoms with Gasteiger partial charge in [0.25, 0.3) is 0 Å². The molecule has 2 rings (SSSR count). The van der Waals surface area contributed by atoms with Crippen molar-refractivity contribution in [1.29, 1.82) is 0 Å². The Morgan fingerprint density at radius 2 is 2.23 bits per heavy atom. The average Bonchev–Trinajstić information content (AvgIpc) is 2.83. The molecule has 1 atom stereocenters. The normalized spacial score (nSPS) is 35.6. The highest BCUT2D eigenvalue weighted by Crippen LogP contribution is 2.38. The summed E-state index contributed by atoms with van der Waals surface area (Å²) in [5.74, 6) is 1.29. The molecule has 0 saturated heterocycles. The fraction of sp³-hybridized carbons (Fsp3) is 0.750. The van der Waals surface area contributed by atoms with Crippen LogP contribution in [-0.4, -0.2) is 5.78 Å². The predicted molar refractivity (Wildman–Crippen MR) is 53.4 cm³/mol. The highest BCUT2D eigenvalue weighted by atomic mass is 16.1. The molecule has 0 unspecified atom stereocenters. The second kappa shape index (κ2) is 3.28. The lowest BCUT2D eigenvalue weighted by Gasteiger charge is -2.29. The summed E-state index contributed by atoms with van der Waals surface area (Å²) in [6, 6.07) is 0. The van der Waals surface area contributed by atoms with Crippen LogP contribution in [0.4, 0.5) is 0 Å². The number of Topliss-reactive ketones (excluding diaryl/α,β-unsaturated/α-hetero) is 1. The van der Waals surface area contributed by atoms with Gasteiger partial charge in [0.1, 0.15) is 5.78 Å². The van der Waals surface area contributed by atoms with Crippen LogP contribution in [0.5, 0.6) is 0 Å². The summed E-state index contributed by atoms with van der Waals surface area (Å²) in [5.41, 5.74) is 0.192. The van der Waals surface area contributed by atoms with Gasteiger partial charge >= 0.3 is 0 Å². The minimum Gasteiger partial charge on any atom is -0.300 e.